The van der Waals surface area contributed by atoms with Gasteiger partial charge >= 0.3 is 0 Å². The van der Waals surface area contributed by atoms with Gasteiger partial charge in [0.15, 0.2) is 0 Å². The molecule has 0 atom stereocenters. The van der Waals surface area contributed by atoms with Crippen LogP contribution in [-0.2, 0) is 0 Å². The van der Waals surface area contributed by atoms with Gasteiger partial charge in [-0.15, -0.1) is 6.58 Å². The average Bonchev–Trinajstić information content (AvgIpc) is 1.33. The van der Waals surface area contributed by atoms with E-state index in [0.717, 1.165) is 0 Å². The van der Waals surface area contributed by atoms with Crippen LogP contribution in [0.25, 0.3) is 0 Å². The normalized spacial score (nSPS) is 5.43. The lowest BCUT2D eigenvalue weighted by Gasteiger charge is -1.65. The summed E-state index contributed by atoms with van der Waals surface area (Å²) < 4.78 is 0. The molecule has 0 aromatic rings. The summed E-state index contributed by atoms with van der Waals surface area (Å²) in [6.07, 6.45) is 1.25. The fourth-order valence-electron chi connectivity index (χ4n) is 0. The summed E-state index contributed by atoms with van der Waals surface area (Å²) in [5.41, 5.74) is 5.78. The molecule has 0 saturated carbocycles. The predicted molar refractivity (Wildman–Crippen MR) is 34.9 cm³/mol. The van der Waals surface area contributed by atoms with Crippen LogP contribution in [0.3, 0.4) is 0 Å². The van der Waals surface area contributed by atoms with E-state index in [-0.39, 0.29) is 0 Å². The molecule has 1 heteroatoms. The molecule has 42 valence electrons. The molecular formula is C6H13N. The first-order valence-corrected chi connectivity index (χ1v) is 2.10. The highest BCUT2D eigenvalue weighted by Crippen LogP contribution is 1.73. The number of hydrogen-bond donors (Lipinski definition) is 1. The van der Waals surface area contributed by atoms with Crippen LogP contribution in [0.15, 0.2) is 24.9 Å². The molecule has 0 aliphatic carbocycles. The first kappa shape index (κ1) is 9.56. The molecule has 0 bridgehead atoms. The van der Waals surface area contributed by atoms with Gasteiger partial charge in [-0.05, 0) is 20.0 Å². The molecule has 0 amide bonds. The minimum atomic E-state index is 1.17. The standard InChI is InChI=1S/C4H8.C2H5N/c1-4(2)3;1-2-3/h1H2,2-3H3;2H,1,3H2. The average molecular weight is 99.2 g/mol. The van der Waals surface area contributed by atoms with Gasteiger partial charge in [0.1, 0.15) is 0 Å². The van der Waals surface area contributed by atoms with E-state index in [9.17, 15) is 0 Å². The second-order valence-electron chi connectivity index (χ2n) is 1.44. The van der Waals surface area contributed by atoms with Crippen LogP contribution >= 0.6 is 0 Å². The third-order valence-corrected chi connectivity index (χ3v) is 0. The van der Waals surface area contributed by atoms with Crippen molar-refractivity contribution in [1.29, 1.82) is 0 Å². The minimum absolute atomic E-state index is 1.17. The zero-order valence-corrected chi connectivity index (χ0v) is 5.07. The van der Waals surface area contributed by atoms with Crippen LogP contribution in [0.1, 0.15) is 13.8 Å². The Bertz CT molecular complexity index is 51.2. The maximum atomic E-state index is 4.61. The van der Waals surface area contributed by atoms with E-state index >= 15 is 0 Å². The molecule has 0 rings (SSSR count). The van der Waals surface area contributed by atoms with Gasteiger partial charge in [0, 0.05) is 0 Å². The number of hydrogen-bond acceptors (Lipinski definition) is 1. The van der Waals surface area contributed by atoms with Crippen molar-refractivity contribution in [2.45, 2.75) is 13.8 Å². The Balaban J connectivity index is 0. The van der Waals surface area contributed by atoms with Crippen LogP contribution in [0.4, 0.5) is 0 Å². The van der Waals surface area contributed by atoms with Gasteiger partial charge < -0.3 is 5.73 Å². The lowest BCUT2D eigenvalue weighted by Crippen LogP contribution is -1.67. The summed E-state index contributed by atoms with van der Waals surface area (Å²) in [7, 11) is 0. The van der Waals surface area contributed by atoms with E-state index in [1.165, 1.54) is 11.8 Å². The number of rotatable bonds is 0. The zero-order chi connectivity index (χ0) is 6.28. The fourth-order valence-corrected chi connectivity index (χ4v) is 0. The lowest BCUT2D eigenvalue weighted by molar-refractivity contribution is 1.42. The van der Waals surface area contributed by atoms with Crippen LogP contribution < -0.4 is 5.73 Å². The smallest absolute Gasteiger partial charge is 0.0136 e. The van der Waals surface area contributed by atoms with Gasteiger partial charge in [0.05, 0.1) is 0 Å². The molecule has 0 aliphatic heterocycles. The molecule has 7 heavy (non-hydrogen) atoms. The van der Waals surface area contributed by atoms with E-state index in [2.05, 4.69) is 18.9 Å². The van der Waals surface area contributed by atoms with Crippen LogP contribution in [0.2, 0.25) is 0 Å². The van der Waals surface area contributed by atoms with E-state index in [1.54, 1.807) is 0 Å². The molecule has 0 aromatic carbocycles. The summed E-state index contributed by atoms with van der Waals surface area (Å²) in [6.45, 7) is 10.6. The SMILES string of the molecule is C=C(C)C.C=CN. The topological polar surface area (TPSA) is 26.0 Å². The highest BCUT2D eigenvalue weighted by atomic mass is 14.5. The van der Waals surface area contributed by atoms with Gasteiger partial charge in [-0.1, -0.05) is 12.2 Å². The Labute approximate surface area is 45.5 Å². The number of allylic oxidation sites excluding steroid dienone is 1. The van der Waals surface area contributed by atoms with Crippen molar-refractivity contribution in [3.8, 4) is 0 Å². The molecule has 0 radical (unpaired) electrons. The van der Waals surface area contributed by atoms with E-state index in [0.29, 0.717) is 0 Å². The van der Waals surface area contributed by atoms with Crippen LogP contribution in [0, 0.1) is 0 Å². The highest BCUT2D eigenvalue weighted by molar-refractivity contribution is 4.78. The van der Waals surface area contributed by atoms with Crippen molar-refractivity contribution in [3.63, 3.8) is 0 Å². The summed E-state index contributed by atoms with van der Waals surface area (Å²) in [5, 5.41) is 0. The Kier molecular flexibility index (Phi) is 12.3. The minimum Gasteiger partial charge on any atom is -0.405 e. The Hall–Kier alpha value is -0.720. The molecule has 0 spiro atoms. The van der Waals surface area contributed by atoms with E-state index in [1.807, 2.05) is 13.8 Å². The van der Waals surface area contributed by atoms with Crippen LogP contribution in [-0.4, -0.2) is 0 Å². The monoisotopic (exact) mass is 99.1 g/mol. The molecular weight excluding hydrogens is 86.1 g/mol. The van der Waals surface area contributed by atoms with Crippen molar-refractivity contribution in [2.75, 3.05) is 0 Å². The molecule has 0 aromatic heterocycles. The van der Waals surface area contributed by atoms with Gasteiger partial charge in [0.25, 0.3) is 0 Å². The third kappa shape index (κ3) is 110. The Morgan fingerprint density at radius 2 is 1.57 bits per heavy atom. The second-order valence-corrected chi connectivity index (χ2v) is 1.44. The van der Waals surface area contributed by atoms with Gasteiger partial charge in [0.2, 0.25) is 0 Å². The first-order valence-electron chi connectivity index (χ1n) is 2.10. The summed E-state index contributed by atoms with van der Waals surface area (Å²) >= 11 is 0. The van der Waals surface area contributed by atoms with Gasteiger partial charge in [-0.3, -0.25) is 0 Å². The van der Waals surface area contributed by atoms with Gasteiger partial charge in [-0.2, -0.15) is 0 Å². The van der Waals surface area contributed by atoms with Crippen molar-refractivity contribution < 1.29 is 0 Å². The Morgan fingerprint density at radius 3 is 1.57 bits per heavy atom. The summed E-state index contributed by atoms with van der Waals surface area (Å²) in [5.74, 6) is 0. The summed E-state index contributed by atoms with van der Waals surface area (Å²) in [4.78, 5) is 0. The first-order chi connectivity index (χ1) is 3.15. The van der Waals surface area contributed by atoms with Crippen molar-refractivity contribution >= 4 is 0 Å². The molecule has 0 fully saturated rings. The Morgan fingerprint density at radius 1 is 1.57 bits per heavy atom. The third-order valence-electron chi connectivity index (χ3n) is 0. The van der Waals surface area contributed by atoms with E-state index in [4.69, 9.17) is 0 Å². The fraction of sp³-hybridized carbons (Fsp3) is 0.333. The lowest BCUT2D eigenvalue weighted by atomic mass is 10.4. The van der Waals surface area contributed by atoms with Crippen LogP contribution in [0.5, 0.6) is 0 Å². The largest absolute Gasteiger partial charge is 0.405 e. The highest BCUT2D eigenvalue weighted by Gasteiger charge is 1.51. The maximum absolute atomic E-state index is 4.61. The zero-order valence-electron chi connectivity index (χ0n) is 5.07. The van der Waals surface area contributed by atoms with Crippen molar-refractivity contribution in [3.05, 3.63) is 24.9 Å². The second kappa shape index (κ2) is 8.99. The number of nitrogens with two attached hydrogens (primary N) is 1. The molecule has 0 saturated heterocycles. The van der Waals surface area contributed by atoms with E-state index < -0.39 is 0 Å². The van der Waals surface area contributed by atoms with Gasteiger partial charge in [-0.25, -0.2) is 0 Å². The molecule has 1 nitrogen and oxygen atoms in total. The quantitative estimate of drug-likeness (QED) is 0.459. The molecule has 0 heterocycles. The molecule has 2 N–H and O–H groups in total. The predicted octanol–water partition coefficient (Wildman–Crippen LogP) is 1.67. The van der Waals surface area contributed by atoms with Crippen molar-refractivity contribution in [2.24, 2.45) is 5.73 Å². The van der Waals surface area contributed by atoms with Crippen molar-refractivity contribution in [1.82, 2.24) is 0 Å². The molecule has 0 unspecified atom stereocenters. The summed E-state index contributed by atoms with van der Waals surface area (Å²) in [6, 6.07) is 0. The maximum Gasteiger partial charge on any atom is -0.0136 e. The molecule has 0 aliphatic rings.